The van der Waals surface area contributed by atoms with Gasteiger partial charge in [0.15, 0.2) is 0 Å². The summed E-state index contributed by atoms with van der Waals surface area (Å²) in [6, 6.07) is 9.36. The van der Waals surface area contributed by atoms with Gasteiger partial charge in [-0.05, 0) is 29.7 Å². The molecule has 0 aromatic heterocycles. The van der Waals surface area contributed by atoms with Gasteiger partial charge in [0.1, 0.15) is 0 Å². The summed E-state index contributed by atoms with van der Waals surface area (Å²) in [6.45, 7) is 4.51. The van der Waals surface area contributed by atoms with E-state index in [1.165, 1.54) is 29.2 Å². The largest absolute Gasteiger partial charge is 0.381 e. The van der Waals surface area contributed by atoms with Crippen LogP contribution in [0.5, 0.6) is 0 Å². The van der Waals surface area contributed by atoms with Crippen molar-refractivity contribution in [2.45, 2.75) is 32.2 Å². The molecule has 0 bridgehead atoms. The summed E-state index contributed by atoms with van der Waals surface area (Å²) in [5.74, 6) is 3.16. The zero-order chi connectivity index (χ0) is 10.7. The van der Waals surface area contributed by atoms with Crippen molar-refractivity contribution in [2.75, 3.05) is 16.8 Å². The second-order valence-corrected chi connectivity index (χ2v) is 5.60. The van der Waals surface area contributed by atoms with Gasteiger partial charge in [-0.1, -0.05) is 32.0 Å². The predicted octanol–water partition coefficient (Wildman–Crippen LogP) is 3.73. The third kappa shape index (κ3) is 2.69. The Morgan fingerprint density at radius 3 is 2.80 bits per heavy atom. The summed E-state index contributed by atoms with van der Waals surface area (Å²) in [6.07, 6.45) is 1.30. The smallest absolute Gasteiger partial charge is 0.0377 e. The predicted molar refractivity (Wildman–Crippen MR) is 69.9 cm³/mol. The highest BCUT2D eigenvalue weighted by atomic mass is 32.2. The third-order valence-corrected chi connectivity index (χ3v) is 4.03. The Morgan fingerprint density at radius 1 is 1.33 bits per heavy atom. The first-order chi connectivity index (χ1) is 7.27. The average Bonchev–Trinajstić information content (AvgIpc) is 2.71. The van der Waals surface area contributed by atoms with E-state index in [4.69, 9.17) is 0 Å². The first-order valence-corrected chi connectivity index (χ1v) is 6.86. The molecule has 1 saturated heterocycles. The van der Waals surface area contributed by atoms with Crippen LogP contribution in [0.2, 0.25) is 0 Å². The third-order valence-electron chi connectivity index (χ3n) is 2.87. The van der Waals surface area contributed by atoms with Gasteiger partial charge in [-0.2, -0.15) is 11.8 Å². The summed E-state index contributed by atoms with van der Waals surface area (Å²) < 4.78 is 0. The molecular formula is C13H19NS. The zero-order valence-electron chi connectivity index (χ0n) is 9.49. The van der Waals surface area contributed by atoms with Gasteiger partial charge in [0.05, 0.1) is 0 Å². The lowest BCUT2D eigenvalue weighted by atomic mass is 10.0. The summed E-state index contributed by atoms with van der Waals surface area (Å²) >= 11 is 2.05. The highest BCUT2D eigenvalue weighted by Gasteiger charge is 2.16. The van der Waals surface area contributed by atoms with Crippen molar-refractivity contribution in [3.05, 3.63) is 29.8 Å². The lowest BCUT2D eigenvalue weighted by Gasteiger charge is -2.18. The maximum Gasteiger partial charge on any atom is 0.0377 e. The summed E-state index contributed by atoms with van der Waals surface area (Å²) in [5.41, 5.74) is 2.77. The second-order valence-electron chi connectivity index (χ2n) is 4.45. The van der Waals surface area contributed by atoms with Gasteiger partial charge in [-0.15, -0.1) is 0 Å². The van der Waals surface area contributed by atoms with E-state index < -0.39 is 0 Å². The van der Waals surface area contributed by atoms with Gasteiger partial charge < -0.3 is 5.32 Å². The molecule has 15 heavy (non-hydrogen) atoms. The minimum Gasteiger partial charge on any atom is -0.381 e. The fourth-order valence-electron chi connectivity index (χ4n) is 2.00. The summed E-state index contributed by atoms with van der Waals surface area (Å²) in [4.78, 5) is 0. The minimum atomic E-state index is 0.600. The van der Waals surface area contributed by atoms with Crippen LogP contribution in [0.4, 0.5) is 5.69 Å². The SMILES string of the molecule is CC(C)c1ccccc1NC1CCSC1. The Morgan fingerprint density at radius 2 is 2.13 bits per heavy atom. The van der Waals surface area contributed by atoms with Crippen molar-refractivity contribution in [2.24, 2.45) is 0 Å². The Hall–Kier alpha value is -0.630. The van der Waals surface area contributed by atoms with E-state index >= 15 is 0 Å². The van der Waals surface area contributed by atoms with E-state index in [2.05, 4.69) is 55.2 Å². The molecule has 1 aromatic rings. The Kier molecular flexibility index (Phi) is 3.57. The number of hydrogen-bond donors (Lipinski definition) is 1. The molecule has 1 unspecified atom stereocenters. The molecule has 1 atom stereocenters. The number of nitrogens with one attached hydrogen (secondary N) is 1. The molecule has 1 aliphatic heterocycles. The Labute approximate surface area is 96.7 Å². The molecular weight excluding hydrogens is 202 g/mol. The van der Waals surface area contributed by atoms with Crippen molar-refractivity contribution >= 4 is 17.4 Å². The molecule has 1 aliphatic rings. The van der Waals surface area contributed by atoms with Gasteiger partial charge in [0.25, 0.3) is 0 Å². The highest BCUT2D eigenvalue weighted by molar-refractivity contribution is 7.99. The molecule has 0 amide bonds. The molecule has 2 heteroatoms. The van der Waals surface area contributed by atoms with Crippen LogP contribution >= 0.6 is 11.8 Å². The first-order valence-electron chi connectivity index (χ1n) is 5.70. The molecule has 0 spiro atoms. The van der Waals surface area contributed by atoms with E-state index in [1.54, 1.807) is 0 Å². The lowest BCUT2D eigenvalue weighted by Crippen LogP contribution is -2.19. The molecule has 1 N–H and O–H groups in total. The Balaban J connectivity index is 2.12. The Bertz CT molecular complexity index is 316. The van der Waals surface area contributed by atoms with Gasteiger partial charge in [0, 0.05) is 17.5 Å². The number of para-hydroxylation sites is 1. The van der Waals surface area contributed by atoms with Crippen molar-refractivity contribution in [1.29, 1.82) is 0 Å². The van der Waals surface area contributed by atoms with Crippen LogP contribution in [0.3, 0.4) is 0 Å². The normalized spacial score (nSPS) is 20.9. The van der Waals surface area contributed by atoms with E-state index in [0.29, 0.717) is 12.0 Å². The molecule has 82 valence electrons. The van der Waals surface area contributed by atoms with Crippen molar-refractivity contribution in [1.82, 2.24) is 0 Å². The molecule has 0 radical (unpaired) electrons. The molecule has 2 rings (SSSR count). The maximum atomic E-state index is 3.67. The molecule has 1 heterocycles. The van der Waals surface area contributed by atoms with Crippen LogP contribution in [0.1, 0.15) is 31.7 Å². The average molecular weight is 221 g/mol. The zero-order valence-corrected chi connectivity index (χ0v) is 10.3. The van der Waals surface area contributed by atoms with E-state index in [9.17, 15) is 0 Å². The number of hydrogen-bond acceptors (Lipinski definition) is 2. The van der Waals surface area contributed by atoms with Crippen LogP contribution in [-0.4, -0.2) is 17.5 Å². The first kappa shape index (κ1) is 10.9. The van der Waals surface area contributed by atoms with Gasteiger partial charge in [-0.25, -0.2) is 0 Å². The van der Waals surface area contributed by atoms with Crippen molar-refractivity contribution in [3.63, 3.8) is 0 Å². The lowest BCUT2D eigenvalue weighted by molar-refractivity contribution is 0.800. The van der Waals surface area contributed by atoms with Gasteiger partial charge >= 0.3 is 0 Å². The highest BCUT2D eigenvalue weighted by Crippen LogP contribution is 2.27. The van der Waals surface area contributed by atoms with Crippen LogP contribution in [0.15, 0.2) is 24.3 Å². The van der Waals surface area contributed by atoms with E-state index in [-0.39, 0.29) is 0 Å². The molecule has 0 saturated carbocycles. The topological polar surface area (TPSA) is 12.0 Å². The fourth-order valence-corrected chi connectivity index (χ4v) is 3.15. The number of benzene rings is 1. The number of rotatable bonds is 3. The molecule has 1 fully saturated rings. The molecule has 0 aliphatic carbocycles. The van der Waals surface area contributed by atoms with Crippen molar-refractivity contribution < 1.29 is 0 Å². The standard InChI is InChI=1S/C13H19NS/c1-10(2)12-5-3-4-6-13(12)14-11-7-8-15-9-11/h3-6,10-11,14H,7-9H2,1-2H3. The summed E-state index contributed by atoms with van der Waals surface area (Å²) in [5, 5.41) is 3.67. The number of anilines is 1. The van der Waals surface area contributed by atoms with Gasteiger partial charge in [0.2, 0.25) is 0 Å². The van der Waals surface area contributed by atoms with E-state index in [0.717, 1.165) is 0 Å². The van der Waals surface area contributed by atoms with Gasteiger partial charge in [-0.3, -0.25) is 0 Å². The van der Waals surface area contributed by atoms with Crippen LogP contribution in [0, 0.1) is 0 Å². The maximum absolute atomic E-state index is 3.67. The number of thioether (sulfide) groups is 1. The van der Waals surface area contributed by atoms with Crippen LogP contribution < -0.4 is 5.32 Å². The van der Waals surface area contributed by atoms with E-state index in [1.807, 2.05) is 0 Å². The van der Waals surface area contributed by atoms with Crippen LogP contribution in [-0.2, 0) is 0 Å². The second kappa shape index (κ2) is 4.93. The minimum absolute atomic E-state index is 0.600. The van der Waals surface area contributed by atoms with Crippen molar-refractivity contribution in [3.8, 4) is 0 Å². The van der Waals surface area contributed by atoms with Crippen LogP contribution in [0.25, 0.3) is 0 Å². The monoisotopic (exact) mass is 221 g/mol. The summed E-state index contributed by atoms with van der Waals surface area (Å²) in [7, 11) is 0. The quantitative estimate of drug-likeness (QED) is 0.834. The fraction of sp³-hybridized carbons (Fsp3) is 0.538. The molecule has 1 nitrogen and oxygen atoms in total. The molecule has 1 aromatic carbocycles.